The van der Waals surface area contributed by atoms with E-state index >= 15 is 0 Å². The van der Waals surface area contributed by atoms with Crippen LogP contribution in [0.5, 0.6) is 11.5 Å². The van der Waals surface area contributed by atoms with Gasteiger partial charge in [-0.3, -0.25) is 4.79 Å². The van der Waals surface area contributed by atoms with Crippen molar-refractivity contribution in [3.63, 3.8) is 0 Å². The maximum absolute atomic E-state index is 12.0. The van der Waals surface area contributed by atoms with Gasteiger partial charge in [0, 0.05) is 5.56 Å². The Morgan fingerprint density at radius 1 is 1.00 bits per heavy atom. The van der Waals surface area contributed by atoms with Crippen LogP contribution in [0.25, 0.3) is 10.8 Å². The molecule has 1 amide bonds. The van der Waals surface area contributed by atoms with Gasteiger partial charge in [0.15, 0.2) is 0 Å². The van der Waals surface area contributed by atoms with Gasteiger partial charge in [-0.2, -0.15) is 5.10 Å². The number of rotatable bonds is 3. The first kappa shape index (κ1) is 14.6. The zero-order valence-electron chi connectivity index (χ0n) is 12.1. The Kier molecular flexibility index (Phi) is 3.93. The Morgan fingerprint density at radius 2 is 1.78 bits per heavy atom. The highest BCUT2D eigenvalue weighted by Crippen LogP contribution is 2.21. The van der Waals surface area contributed by atoms with Gasteiger partial charge in [-0.15, -0.1) is 0 Å². The second-order valence-electron chi connectivity index (χ2n) is 4.97. The topological polar surface area (TPSA) is 81.9 Å². The standard InChI is InChI=1S/C18H14N2O3/c21-14-8-9-17(22)16(10-14)18(23)20-19-11-13-6-3-5-12-4-1-2-7-15(12)13/h1-11,21-22H,(H,20,23)/b19-11-. The highest BCUT2D eigenvalue weighted by Gasteiger charge is 2.11. The number of carbonyl (C=O) groups excluding carboxylic acids is 1. The molecular weight excluding hydrogens is 292 g/mol. The Hall–Kier alpha value is -3.34. The van der Waals surface area contributed by atoms with Crippen molar-refractivity contribution in [3.8, 4) is 11.5 Å². The summed E-state index contributed by atoms with van der Waals surface area (Å²) in [4.78, 5) is 12.0. The van der Waals surface area contributed by atoms with Gasteiger partial charge in [0.25, 0.3) is 5.91 Å². The number of benzene rings is 3. The third-order valence-corrected chi connectivity index (χ3v) is 3.42. The normalized spacial score (nSPS) is 11.0. The van der Waals surface area contributed by atoms with Gasteiger partial charge in [0.05, 0.1) is 11.8 Å². The molecule has 0 aliphatic rings. The maximum Gasteiger partial charge on any atom is 0.275 e. The molecule has 0 aromatic heterocycles. The van der Waals surface area contributed by atoms with Crippen LogP contribution in [0.15, 0.2) is 65.8 Å². The van der Waals surface area contributed by atoms with E-state index in [9.17, 15) is 15.0 Å². The molecule has 0 heterocycles. The van der Waals surface area contributed by atoms with Crippen molar-refractivity contribution in [3.05, 3.63) is 71.8 Å². The molecule has 114 valence electrons. The van der Waals surface area contributed by atoms with E-state index in [1.807, 2.05) is 42.5 Å². The van der Waals surface area contributed by atoms with Crippen molar-refractivity contribution in [1.82, 2.24) is 5.43 Å². The number of nitrogens with one attached hydrogen (secondary N) is 1. The highest BCUT2D eigenvalue weighted by atomic mass is 16.3. The summed E-state index contributed by atoms with van der Waals surface area (Å²) in [5.41, 5.74) is 3.16. The van der Waals surface area contributed by atoms with E-state index < -0.39 is 5.91 Å². The van der Waals surface area contributed by atoms with Gasteiger partial charge >= 0.3 is 0 Å². The van der Waals surface area contributed by atoms with E-state index in [1.165, 1.54) is 18.2 Å². The van der Waals surface area contributed by atoms with Crippen molar-refractivity contribution >= 4 is 22.9 Å². The molecule has 0 fully saturated rings. The summed E-state index contributed by atoms with van der Waals surface area (Å²) in [5, 5.41) is 25.0. The molecule has 0 aliphatic carbocycles. The first-order valence-electron chi connectivity index (χ1n) is 6.98. The van der Waals surface area contributed by atoms with Gasteiger partial charge < -0.3 is 10.2 Å². The van der Waals surface area contributed by atoms with E-state index in [0.717, 1.165) is 16.3 Å². The Bertz CT molecular complexity index is 898. The lowest BCUT2D eigenvalue weighted by Gasteiger charge is -2.04. The fourth-order valence-electron chi connectivity index (χ4n) is 2.29. The predicted octanol–water partition coefficient (Wildman–Crippen LogP) is 3.01. The average molecular weight is 306 g/mol. The lowest BCUT2D eigenvalue weighted by atomic mass is 10.1. The zero-order valence-corrected chi connectivity index (χ0v) is 12.1. The minimum absolute atomic E-state index is 0.0416. The molecule has 5 heteroatoms. The Morgan fingerprint density at radius 3 is 2.65 bits per heavy atom. The third kappa shape index (κ3) is 3.13. The molecule has 0 bridgehead atoms. The molecule has 5 nitrogen and oxygen atoms in total. The number of aromatic hydroxyl groups is 2. The van der Waals surface area contributed by atoms with Crippen LogP contribution in [0.3, 0.4) is 0 Å². The van der Waals surface area contributed by atoms with Crippen molar-refractivity contribution in [1.29, 1.82) is 0 Å². The van der Waals surface area contributed by atoms with Crippen LogP contribution in [0.4, 0.5) is 0 Å². The number of hydrogen-bond acceptors (Lipinski definition) is 4. The molecule has 0 aliphatic heterocycles. The SMILES string of the molecule is O=C(N/N=C\c1cccc2ccccc12)c1cc(O)ccc1O. The Balaban J connectivity index is 1.80. The first-order valence-corrected chi connectivity index (χ1v) is 6.98. The van der Waals surface area contributed by atoms with Gasteiger partial charge in [-0.25, -0.2) is 5.43 Å². The summed E-state index contributed by atoms with van der Waals surface area (Å²) in [6, 6.07) is 17.4. The van der Waals surface area contributed by atoms with E-state index in [4.69, 9.17) is 0 Å². The zero-order chi connectivity index (χ0) is 16.2. The highest BCUT2D eigenvalue weighted by molar-refractivity contribution is 6.01. The number of hydrogen-bond donors (Lipinski definition) is 3. The van der Waals surface area contributed by atoms with Gasteiger partial charge in [0.1, 0.15) is 11.5 Å². The van der Waals surface area contributed by atoms with Crippen molar-refractivity contribution < 1.29 is 15.0 Å². The predicted molar refractivity (Wildman–Crippen MR) is 88.8 cm³/mol. The van der Waals surface area contributed by atoms with Crippen LogP contribution in [-0.4, -0.2) is 22.3 Å². The minimum Gasteiger partial charge on any atom is -0.508 e. The molecule has 0 saturated carbocycles. The van der Waals surface area contributed by atoms with Crippen molar-refractivity contribution in [2.75, 3.05) is 0 Å². The lowest BCUT2D eigenvalue weighted by molar-refractivity contribution is 0.0952. The van der Waals surface area contributed by atoms with Crippen molar-refractivity contribution in [2.24, 2.45) is 5.10 Å². The molecule has 3 aromatic rings. The number of fused-ring (bicyclic) bond motifs is 1. The van der Waals surface area contributed by atoms with Crippen LogP contribution >= 0.6 is 0 Å². The fourth-order valence-corrected chi connectivity index (χ4v) is 2.29. The quantitative estimate of drug-likeness (QED) is 0.395. The number of phenolic OH excluding ortho intramolecular Hbond substituents is 2. The van der Waals surface area contributed by atoms with Gasteiger partial charge in [-0.1, -0.05) is 42.5 Å². The smallest absolute Gasteiger partial charge is 0.275 e. The molecule has 0 unspecified atom stereocenters. The van der Waals surface area contributed by atoms with E-state index in [2.05, 4.69) is 10.5 Å². The average Bonchev–Trinajstić information content (AvgIpc) is 2.57. The lowest BCUT2D eigenvalue weighted by Crippen LogP contribution is -2.17. The summed E-state index contributed by atoms with van der Waals surface area (Å²) >= 11 is 0. The molecule has 3 N–H and O–H groups in total. The van der Waals surface area contributed by atoms with Crippen LogP contribution in [0.2, 0.25) is 0 Å². The van der Waals surface area contributed by atoms with Gasteiger partial charge in [0.2, 0.25) is 0 Å². The van der Waals surface area contributed by atoms with E-state index in [-0.39, 0.29) is 17.1 Å². The molecule has 0 saturated heterocycles. The minimum atomic E-state index is -0.602. The van der Waals surface area contributed by atoms with Crippen LogP contribution in [0.1, 0.15) is 15.9 Å². The summed E-state index contributed by atoms with van der Waals surface area (Å²) in [7, 11) is 0. The molecule has 23 heavy (non-hydrogen) atoms. The molecule has 3 aromatic carbocycles. The monoisotopic (exact) mass is 306 g/mol. The van der Waals surface area contributed by atoms with E-state index in [0.29, 0.717) is 0 Å². The number of amides is 1. The van der Waals surface area contributed by atoms with Crippen molar-refractivity contribution in [2.45, 2.75) is 0 Å². The molecule has 0 radical (unpaired) electrons. The molecule has 0 atom stereocenters. The second-order valence-corrected chi connectivity index (χ2v) is 4.97. The molecule has 3 rings (SSSR count). The first-order chi connectivity index (χ1) is 11.1. The summed E-state index contributed by atoms with van der Waals surface area (Å²) < 4.78 is 0. The number of hydrazone groups is 1. The molecule has 0 spiro atoms. The molecular formula is C18H14N2O3. The Labute approximate surface area is 132 Å². The maximum atomic E-state index is 12.0. The second kappa shape index (κ2) is 6.19. The third-order valence-electron chi connectivity index (χ3n) is 3.42. The summed E-state index contributed by atoms with van der Waals surface area (Å²) in [6.07, 6.45) is 1.54. The van der Waals surface area contributed by atoms with Crippen LogP contribution in [0, 0.1) is 0 Å². The van der Waals surface area contributed by atoms with Crippen LogP contribution < -0.4 is 5.43 Å². The summed E-state index contributed by atoms with van der Waals surface area (Å²) in [5.74, 6) is -0.929. The fraction of sp³-hybridized carbons (Fsp3) is 0. The largest absolute Gasteiger partial charge is 0.508 e. The number of carbonyl (C=O) groups is 1. The van der Waals surface area contributed by atoms with E-state index in [1.54, 1.807) is 6.21 Å². The van der Waals surface area contributed by atoms with Gasteiger partial charge in [-0.05, 0) is 29.0 Å². The van der Waals surface area contributed by atoms with Crippen LogP contribution in [-0.2, 0) is 0 Å². The number of phenols is 2. The summed E-state index contributed by atoms with van der Waals surface area (Å²) in [6.45, 7) is 0. The number of nitrogens with zero attached hydrogens (tertiary/aromatic N) is 1.